The molecular weight excluding hydrogens is 378 g/mol. The molecule has 1 amide bonds. The number of fused-ring (bicyclic) bond motifs is 2. The predicted octanol–water partition coefficient (Wildman–Crippen LogP) is 4.39. The molecule has 6 nitrogen and oxygen atoms in total. The summed E-state index contributed by atoms with van der Waals surface area (Å²) in [5.41, 5.74) is 2.93. The Labute approximate surface area is 175 Å². The maximum Gasteiger partial charge on any atom is 0.262 e. The highest BCUT2D eigenvalue weighted by molar-refractivity contribution is 6.04. The lowest BCUT2D eigenvalue weighted by Crippen LogP contribution is -2.23. The summed E-state index contributed by atoms with van der Waals surface area (Å²) in [6.07, 6.45) is 5.86. The molecule has 1 aliphatic rings. The van der Waals surface area contributed by atoms with Crippen LogP contribution in [0, 0.1) is 11.3 Å². The van der Waals surface area contributed by atoms with Gasteiger partial charge in [0.2, 0.25) is 6.79 Å². The van der Waals surface area contributed by atoms with Gasteiger partial charge in [-0.15, -0.1) is 0 Å². The third-order valence-corrected chi connectivity index (χ3v) is 5.13. The number of carbonyl (C=O) groups is 1. The standard InChI is InChI=1S/C24H23N3O3/c1-2-3-10-27-15-19(20-6-4-5-7-21(20)27)12-18(13-25)24(28)26-14-17-8-9-22-23(11-17)30-16-29-22/h4-9,11-12,15H,2-3,10,14,16H2,1H3,(H,26,28)/b18-12+. The lowest BCUT2D eigenvalue weighted by molar-refractivity contribution is -0.117. The van der Waals surface area contributed by atoms with E-state index >= 15 is 0 Å². The number of nitriles is 1. The SMILES string of the molecule is CCCCn1cc(/C=C(\C#N)C(=O)NCc2ccc3c(c2)OCO3)c2ccccc21. The fraction of sp³-hybridized carbons (Fsp3) is 0.250. The molecule has 1 aromatic heterocycles. The van der Waals surface area contributed by atoms with Gasteiger partial charge in [-0.05, 0) is 36.3 Å². The van der Waals surface area contributed by atoms with Gasteiger partial charge in [-0.1, -0.05) is 37.6 Å². The third-order valence-electron chi connectivity index (χ3n) is 5.13. The molecule has 2 aromatic carbocycles. The zero-order chi connectivity index (χ0) is 20.9. The average molecular weight is 401 g/mol. The van der Waals surface area contributed by atoms with E-state index in [1.807, 2.05) is 48.7 Å². The molecule has 0 unspecified atom stereocenters. The molecular formula is C24H23N3O3. The van der Waals surface area contributed by atoms with Crippen molar-refractivity contribution >= 4 is 22.9 Å². The molecule has 152 valence electrons. The number of aryl methyl sites for hydroxylation is 1. The van der Waals surface area contributed by atoms with Crippen LogP contribution in [0.2, 0.25) is 0 Å². The van der Waals surface area contributed by atoms with E-state index in [9.17, 15) is 10.1 Å². The Balaban J connectivity index is 1.53. The van der Waals surface area contributed by atoms with Gasteiger partial charge >= 0.3 is 0 Å². The van der Waals surface area contributed by atoms with Gasteiger partial charge in [0.1, 0.15) is 11.6 Å². The lowest BCUT2D eigenvalue weighted by atomic mass is 10.1. The van der Waals surface area contributed by atoms with E-state index < -0.39 is 5.91 Å². The second-order valence-corrected chi connectivity index (χ2v) is 7.19. The molecule has 1 aliphatic heterocycles. The number of para-hydroxylation sites is 1. The molecule has 4 rings (SSSR count). The largest absolute Gasteiger partial charge is 0.454 e. The number of hydrogen-bond donors (Lipinski definition) is 1. The van der Waals surface area contributed by atoms with Crippen molar-refractivity contribution in [3.05, 3.63) is 65.4 Å². The summed E-state index contributed by atoms with van der Waals surface area (Å²) in [6.45, 7) is 3.57. The van der Waals surface area contributed by atoms with Crippen molar-refractivity contribution < 1.29 is 14.3 Å². The molecule has 1 N–H and O–H groups in total. The number of aromatic nitrogens is 1. The van der Waals surface area contributed by atoms with Gasteiger partial charge < -0.3 is 19.4 Å². The average Bonchev–Trinajstić information content (AvgIpc) is 3.38. The van der Waals surface area contributed by atoms with Crippen molar-refractivity contribution in [2.75, 3.05) is 6.79 Å². The number of unbranched alkanes of at least 4 members (excludes halogenated alkanes) is 1. The number of ether oxygens (including phenoxy) is 2. The van der Waals surface area contributed by atoms with Crippen molar-refractivity contribution in [2.45, 2.75) is 32.9 Å². The lowest BCUT2D eigenvalue weighted by Gasteiger charge is -2.05. The first kappa shape index (κ1) is 19.6. The van der Waals surface area contributed by atoms with E-state index in [2.05, 4.69) is 22.9 Å². The summed E-state index contributed by atoms with van der Waals surface area (Å²) in [6, 6.07) is 15.6. The van der Waals surface area contributed by atoms with Crippen LogP contribution in [0.15, 0.2) is 54.2 Å². The second kappa shape index (κ2) is 8.75. The van der Waals surface area contributed by atoms with Crippen molar-refractivity contribution in [3.8, 4) is 17.6 Å². The zero-order valence-electron chi connectivity index (χ0n) is 16.9. The van der Waals surface area contributed by atoms with Crippen LogP contribution in [0.1, 0.15) is 30.9 Å². The van der Waals surface area contributed by atoms with Crippen LogP contribution >= 0.6 is 0 Å². The summed E-state index contributed by atoms with van der Waals surface area (Å²) in [5, 5.41) is 13.4. The molecule has 6 heteroatoms. The Kier molecular flexibility index (Phi) is 5.71. The highest BCUT2D eigenvalue weighted by Crippen LogP contribution is 2.32. The quantitative estimate of drug-likeness (QED) is 0.470. The van der Waals surface area contributed by atoms with Gasteiger partial charge in [-0.3, -0.25) is 4.79 Å². The third kappa shape index (κ3) is 4.01. The Morgan fingerprint density at radius 2 is 2.07 bits per heavy atom. The minimum atomic E-state index is -0.402. The van der Waals surface area contributed by atoms with Crippen molar-refractivity contribution in [1.82, 2.24) is 9.88 Å². The smallest absolute Gasteiger partial charge is 0.262 e. The number of nitrogens with zero attached hydrogens (tertiary/aromatic N) is 2. The number of rotatable bonds is 7. The summed E-state index contributed by atoms with van der Waals surface area (Å²) in [4.78, 5) is 12.6. The normalized spacial score (nSPS) is 12.7. The van der Waals surface area contributed by atoms with E-state index in [4.69, 9.17) is 9.47 Å². The number of carbonyl (C=O) groups excluding carboxylic acids is 1. The Morgan fingerprint density at radius 1 is 1.23 bits per heavy atom. The number of amides is 1. The molecule has 0 fully saturated rings. The number of hydrogen-bond acceptors (Lipinski definition) is 4. The topological polar surface area (TPSA) is 76.3 Å². The molecule has 0 bridgehead atoms. The summed E-state index contributed by atoms with van der Waals surface area (Å²) in [7, 11) is 0. The van der Waals surface area contributed by atoms with Crippen LogP contribution in [0.25, 0.3) is 17.0 Å². The molecule has 0 aliphatic carbocycles. The Hall–Kier alpha value is -3.72. The molecule has 30 heavy (non-hydrogen) atoms. The fourth-order valence-electron chi connectivity index (χ4n) is 3.54. The van der Waals surface area contributed by atoms with Crippen LogP contribution in [0.3, 0.4) is 0 Å². The van der Waals surface area contributed by atoms with E-state index in [0.717, 1.165) is 41.4 Å². The minimum absolute atomic E-state index is 0.0779. The van der Waals surface area contributed by atoms with Crippen LogP contribution in [0.4, 0.5) is 0 Å². The second-order valence-electron chi connectivity index (χ2n) is 7.19. The first-order chi connectivity index (χ1) is 14.7. The number of nitrogens with one attached hydrogen (secondary N) is 1. The van der Waals surface area contributed by atoms with Crippen molar-refractivity contribution in [3.63, 3.8) is 0 Å². The zero-order valence-corrected chi connectivity index (χ0v) is 16.9. The van der Waals surface area contributed by atoms with Crippen LogP contribution in [-0.2, 0) is 17.9 Å². The molecule has 0 radical (unpaired) electrons. The van der Waals surface area contributed by atoms with Gasteiger partial charge in [0.05, 0.1) is 0 Å². The first-order valence-electron chi connectivity index (χ1n) is 10.1. The monoisotopic (exact) mass is 401 g/mol. The molecule has 2 heterocycles. The maximum absolute atomic E-state index is 12.6. The van der Waals surface area contributed by atoms with Gasteiger partial charge in [-0.2, -0.15) is 5.26 Å². The molecule has 0 atom stereocenters. The molecule has 0 spiro atoms. The summed E-state index contributed by atoms with van der Waals surface area (Å²) >= 11 is 0. The Morgan fingerprint density at radius 3 is 2.90 bits per heavy atom. The van der Waals surface area contributed by atoms with Gasteiger partial charge in [0.15, 0.2) is 11.5 Å². The summed E-state index contributed by atoms with van der Waals surface area (Å²) in [5.74, 6) is 0.959. The number of benzene rings is 2. The van der Waals surface area contributed by atoms with Gasteiger partial charge in [0.25, 0.3) is 5.91 Å². The molecule has 0 saturated carbocycles. The van der Waals surface area contributed by atoms with E-state index in [0.29, 0.717) is 18.0 Å². The Bertz CT molecular complexity index is 1150. The van der Waals surface area contributed by atoms with Crippen molar-refractivity contribution in [1.29, 1.82) is 5.26 Å². The van der Waals surface area contributed by atoms with Crippen LogP contribution in [0.5, 0.6) is 11.5 Å². The fourth-order valence-corrected chi connectivity index (χ4v) is 3.54. The van der Waals surface area contributed by atoms with Crippen LogP contribution in [-0.4, -0.2) is 17.3 Å². The highest BCUT2D eigenvalue weighted by Gasteiger charge is 2.15. The maximum atomic E-state index is 12.6. The molecule has 0 saturated heterocycles. The van der Waals surface area contributed by atoms with Gasteiger partial charge in [0, 0.05) is 35.8 Å². The van der Waals surface area contributed by atoms with Gasteiger partial charge in [-0.25, -0.2) is 0 Å². The first-order valence-corrected chi connectivity index (χ1v) is 10.1. The van der Waals surface area contributed by atoms with Crippen molar-refractivity contribution in [2.24, 2.45) is 0 Å². The predicted molar refractivity (Wildman–Crippen MR) is 115 cm³/mol. The van der Waals surface area contributed by atoms with E-state index in [-0.39, 0.29) is 12.4 Å². The molecule has 3 aromatic rings. The summed E-state index contributed by atoms with van der Waals surface area (Å²) < 4.78 is 12.8. The minimum Gasteiger partial charge on any atom is -0.454 e. The van der Waals surface area contributed by atoms with Crippen LogP contribution < -0.4 is 14.8 Å². The van der Waals surface area contributed by atoms with E-state index in [1.165, 1.54) is 0 Å². The van der Waals surface area contributed by atoms with E-state index in [1.54, 1.807) is 6.08 Å². The highest BCUT2D eigenvalue weighted by atomic mass is 16.7.